The number of hydrogen-bond acceptors (Lipinski definition) is 4. The summed E-state index contributed by atoms with van der Waals surface area (Å²) in [6.45, 7) is 12.4. The summed E-state index contributed by atoms with van der Waals surface area (Å²) in [6, 6.07) is 0. The maximum absolute atomic E-state index is 12.6. The van der Waals surface area contributed by atoms with Gasteiger partial charge in [-0.2, -0.15) is 0 Å². The largest absolute Gasteiger partial charge is 0.461 e. The molecule has 0 aliphatic carbocycles. The SMILES string of the molecule is C=C/C(=C\C=C/CC)C1=NC(Cl)=C(C(=O)OCC)N(C/C(C)=C/C(Cl)=C\C=C(/C)Cl)C1. The first-order valence-electron chi connectivity index (χ1n) is 9.99. The monoisotopic (exact) mass is 482 g/mol. The van der Waals surface area contributed by atoms with Gasteiger partial charge in [0, 0.05) is 16.6 Å². The molecule has 1 rings (SSSR count). The number of carbonyl (C=O) groups is 1. The van der Waals surface area contributed by atoms with Gasteiger partial charge in [-0.05, 0) is 51.0 Å². The van der Waals surface area contributed by atoms with Gasteiger partial charge in [-0.15, -0.1) is 0 Å². The minimum absolute atomic E-state index is 0.0852. The number of aliphatic imine (C=N–C) groups is 1. The zero-order valence-corrected chi connectivity index (χ0v) is 20.7. The summed E-state index contributed by atoms with van der Waals surface area (Å²) in [4.78, 5) is 18.8. The molecule has 0 N–H and O–H groups in total. The summed E-state index contributed by atoms with van der Waals surface area (Å²) in [7, 11) is 0. The summed E-state index contributed by atoms with van der Waals surface area (Å²) < 4.78 is 5.19. The Morgan fingerprint density at radius 3 is 2.52 bits per heavy atom. The van der Waals surface area contributed by atoms with Crippen LogP contribution in [0, 0.1) is 0 Å². The van der Waals surface area contributed by atoms with Crippen LogP contribution in [0.25, 0.3) is 0 Å². The highest BCUT2D eigenvalue weighted by atomic mass is 35.5. The average molecular weight is 484 g/mol. The quantitative estimate of drug-likeness (QED) is 0.191. The van der Waals surface area contributed by atoms with Crippen LogP contribution in [0.1, 0.15) is 34.1 Å². The van der Waals surface area contributed by atoms with Crippen LogP contribution in [0.4, 0.5) is 0 Å². The van der Waals surface area contributed by atoms with Crippen molar-refractivity contribution in [2.45, 2.75) is 34.1 Å². The predicted molar refractivity (Wildman–Crippen MR) is 134 cm³/mol. The summed E-state index contributed by atoms with van der Waals surface area (Å²) in [6.07, 6.45) is 13.8. The van der Waals surface area contributed by atoms with Gasteiger partial charge in [-0.25, -0.2) is 9.79 Å². The van der Waals surface area contributed by atoms with E-state index in [1.54, 1.807) is 32.1 Å². The number of ether oxygens (including phenoxy) is 1. The minimum Gasteiger partial charge on any atom is -0.461 e. The number of allylic oxidation sites excluding steroid dienone is 9. The van der Waals surface area contributed by atoms with E-state index < -0.39 is 5.97 Å². The Balaban J connectivity index is 3.31. The van der Waals surface area contributed by atoms with Crippen molar-refractivity contribution >= 4 is 46.5 Å². The second-order valence-corrected chi connectivity index (χ2v) is 8.12. The van der Waals surface area contributed by atoms with Crippen molar-refractivity contribution in [2.24, 2.45) is 4.99 Å². The van der Waals surface area contributed by atoms with Crippen molar-refractivity contribution in [3.8, 4) is 0 Å². The summed E-state index contributed by atoms with van der Waals surface area (Å²) in [5.41, 5.74) is 2.69. The molecule has 0 bridgehead atoms. The fourth-order valence-electron chi connectivity index (χ4n) is 2.72. The maximum Gasteiger partial charge on any atom is 0.357 e. The molecule has 7 heteroatoms. The van der Waals surface area contributed by atoms with Crippen LogP contribution in [0.15, 0.2) is 86.2 Å². The van der Waals surface area contributed by atoms with E-state index in [0.717, 1.165) is 17.6 Å². The van der Waals surface area contributed by atoms with Crippen LogP contribution in [-0.4, -0.2) is 36.3 Å². The third-order valence-corrected chi connectivity index (χ3v) is 4.68. The molecule has 0 aromatic rings. The van der Waals surface area contributed by atoms with E-state index in [-0.39, 0.29) is 17.5 Å². The Kier molecular flexibility index (Phi) is 12.3. The Hall–Kier alpha value is -2.01. The molecule has 0 spiro atoms. The molecular formula is C24H29Cl3N2O2. The molecule has 0 atom stereocenters. The van der Waals surface area contributed by atoms with Gasteiger partial charge >= 0.3 is 5.97 Å². The van der Waals surface area contributed by atoms with Crippen LogP contribution in [0.3, 0.4) is 0 Å². The zero-order valence-electron chi connectivity index (χ0n) is 18.4. The van der Waals surface area contributed by atoms with Gasteiger partial charge in [-0.3, -0.25) is 0 Å². The number of nitrogens with zero attached hydrogens (tertiary/aromatic N) is 2. The molecule has 0 radical (unpaired) electrons. The first-order chi connectivity index (χ1) is 14.7. The molecule has 1 heterocycles. The lowest BCUT2D eigenvalue weighted by atomic mass is 10.1. The molecule has 31 heavy (non-hydrogen) atoms. The summed E-state index contributed by atoms with van der Waals surface area (Å²) in [5.74, 6) is -0.513. The van der Waals surface area contributed by atoms with Gasteiger partial charge < -0.3 is 9.64 Å². The first kappa shape index (κ1) is 27.0. The molecule has 168 valence electrons. The van der Waals surface area contributed by atoms with E-state index in [9.17, 15) is 4.79 Å². The standard InChI is InChI=1S/C24H29Cl3N2O2/c1-6-9-10-11-19(7-2)21-16-29(22(23(27)28-21)24(30)31-8-3)15-17(4)14-20(26)13-12-18(5)25/h7,9-14H,2,6,8,15-16H2,1,3-5H3/b10-9-,17-14+,18-12+,19-11+,20-13+. The van der Waals surface area contributed by atoms with Gasteiger partial charge in [0.25, 0.3) is 0 Å². The normalized spacial score (nSPS) is 16.7. The zero-order chi connectivity index (χ0) is 23.4. The third-order valence-electron chi connectivity index (χ3n) is 4.05. The lowest BCUT2D eigenvalue weighted by Crippen LogP contribution is -2.38. The third kappa shape index (κ3) is 9.34. The second kappa shape index (κ2) is 14.1. The molecule has 0 fully saturated rings. The maximum atomic E-state index is 12.6. The molecule has 4 nitrogen and oxygen atoms in total. The van der Waals surface area contributed by atoms with E-state index in [2.05, 4.69) is 18.5 Å². The molecule has 0 amide bonds. The predicted octanol–water partition coefficient (Wildman–Crippen LogP) is 7.00. The van der Waals surface area contributed by atoms with E-state index in [1.165, 1.54) is 0 Å². The van der Waals surface area contributed by atoms with Crippen molar-refractivity contribution < 1.29 is 9.53 Å². The first-order valence-corrected chi connectivity index (χ1v) is 11.1. The number of esters is 1. The van der Waals surface area contributed by atoms with Crippen LogP contribution >= 0.6 is 34.8 Å². The molecule has 1 aliphatic heterocycles. The van der Waals surface area contributed by atoms with E-state index >= 15 is 0 Å². The Morgan fingerprint density at radius 1 is 1.23 bits per heavy atom. The highest BCUT2D eigenvalue weighted by Gasteiger charge is 2.29. The number of carbonyl (C=O) groups excluding carboxylic acids is 1. The van der Waals surface area contributed by atoms with Crippen LogP contribution in [-0.2, 0) is 9.53 Å². The van der Waals surface area contributed by atoms with Crippen LogP contribution in [0.5, 0.6) is 0 Å². The Bertz CT molecular complexity index is 887. The van der Waals surface area contributed by atoms with Gasteiger partial charge in [-0.1, -0.05) is 78.2 Å². The fraction of sp³-hybridized carbons (Fsp3) is 0.333. The fourth-order valence-corrected chi connectivity index (χ4v) is 3.33. The molecule has 1 aliphatic rings. The van der Waals surface area contributed by atoms with E-state index in [1.807, 2.05) is 36.1 Å². The molecule has 0 saturated heterocycles. The van der Waals surface area contributed by atoms with Crippen LogP contribution < -0.4 is 0 Å². The highest BCUT2D eigenvalue weighted by Crippen LogP contribution is 2.26. The topological polar surface area (TPSA) is 41.9 Å². The molecule has 0 unspecified atom stereocenters. The lowest BCUT2D eigenvalue weighted by Gasteiger charge is -2.30. The van der Waals surface area contributed by atoms with Crippen molar-refractivity contribution in [2.75, 3.05) is 19.7 Å². The number of hydrogen-bond donors (Lipinski definition) is 0. The summed E-state index contributed by atoms with van der Waals surface area (Å²) >= 11 is 18.5. The highest BCUT2D eigenvalue weighted by molar-refractivity contribution is 6.33. The van der Waals surface area contributed by atoms with Crippen molar-refractivity contribution in [3.05, 3.63) is 81.2 Å². The summed E-state index contributed by atoms with van der Waals surface area (Å²) in [5, 5.41) is 1.23. The van der Waals surface area contributed by atoms with Gasteiger partial charge in [0.1, 0.15) is 0 Å². The molecule has 0 aromatic carbocycles. The molecular weight excluding hydrogens is 455 g/mol. The van der Waals surface area contributed by atoms with E-state index in [4.69, 9.17) is 39.5 Å². The average Bonchev–Trinajstić information content (AvgIpc) is 2.69. The van der Waals surface area contributed by atoms with Crippen molar-refractivity contribution in [3.63, 3.8) is 0 Å². The van der Waals surface area contributed by atoms with Crippen molar-refractivity contribution in [1.29, 1.82) is 0 Å². The Morgan fingerprint density at radius 2 is 1.94 bits per heavy atom. The van der Waals surface area contributed by atoms with Crippen LogP contribution in [0.2, 0.25) is 0 Å². The minimum atomic E-state index is -0.513. The molecule has 0 aromatic heterocycles. The Labute approximate surface area is 200 Å². The number of halogens is 3. The van der Waals surface area contributed by atoms with Gasteiger partial charge in [0.15, 0.2) is 10.9 Å². The van der Waals surface area contributed by atoms with Crippen molar-refractivity contribution in [1.82, 2.24) is 4.90 Å². The smallest absolute Gasteiger partial charge is 0.357 e. The number of rotatable bonds is 10. The van der Waals surface area contributed by atoms with Gasteiger partial charge in [0.2, 0.25) is 0 Å². The van der Waals surface area contributed by atoms with E-state index in [0.29, 0.717) is 28.9 Å². The molecule has 0 saturated carbocycles. The second-order valence-electron chi connectivity index (χ2n) is 6.73. The lowest BCUT2D eigenvalue weighted by molar-refractivity contribution is -0.140. The van der Waals surface area contributed by atoms with Gasteiger partial charge in [0.05, 0.1) is 18.9 Å².